The van der Waals surface area contributed by atoms with Gasteiger partial charge in [0, 0.05) is 12.6 Å². The number of anilines is 1. The van der Waals surface area contributed by atoms with Crippen molar-refractivity contribution >= 4 is 22.8 Å². The highest BCUT2D eigenvalue weighted by Gasteiger charge is 2.22. The summed E-state index contributed by atoms with van der Waals surface area (Å²) >= 11 is 1.54. The molecule has 0 N–H and O–H groups in total. The fraction of sp³-hybridized carbons (Fsp3) is 0.692. The molecule has 1 aromatic heterocycles. The Balaban J connectivity index is 2.24. The van der Waals surface area contributed by atoms with Crippen LogP contribution in [0.15, 0.2) is 0 Å². The molecule has 1 aliphatic rings. The van der Waals surface area contributed by atoms with Crippen LogP contribution in [0.2, 0.25) is 0 Å². The van der Waals surface area contributed by atoms with Crippen LogP contribution in [0.1, 0.15) is 54.4 Å². The molecule has 0 bridgehead atoms. The number of carbonyl (C=O) groups is 1. The van der Waals surface area contributed by atoms with E-state index in [9.17, 15) is 4.79 Å². The number of aldehydes is 1. The zero-order chi connectivity index (χ0) is 12.3. The van der Waals surface area contributed by atoms with Gasteiger partial charge in [-0.15, -0.1) is 0 Å². The van der Waals surface area contributed by atoms with Gasteiger partial charge < -0.3 is 4.90 Å². The molecule has 1 saturated heterocycles. The maximum Gasteiger partial charge on any atom is 0.186 e. The van der Waals surface area contributed by atoms with Gasteiger partial charge in [-0.3, -0.25) is 4.79 Å². The molecule has 17 heavy (non-hydrogen) atoms. The minimum atomic E-state index is 0.600. The number of hydrogen-bond donors (Lipinski definition) is 0. The lowest BCUT2D eigenvalue weighted by molar-refractivity contribution is 0.112. The average molecular weight is 252 g/mol. The van der Waals surface area contributed by atoms with Crippen LogP contribution >= 0.6 is 11.3 Å². The third-order valence-corrected chi connectivity index (χ3v) is 4.64. The highest BCUT2D eigenvalue weighted by Crippen LogP contribution is 2.30. The van der Waals surface area contributed by atoms with E-state index >= 15 is 0 Å². The molecule has 2 heterocycles. The predicted octanol–water partition coefficient (Wildman–Crippen LogP) is 3.42. The number of rotatable bonds is 3. The SMILES string of the molecule is CCC1CCCCCN1c1nc(C)c(C=O)s1. The predicted molar refractivity (Wildman–Crippen MR) is 72.1 cm³/mol. The molecule has 0 aliphatic carbocycles. The first-order chi connectivity index (χ1) is 8.26. The van der Waals surface area contributed by atoms with Gasteiger partial charge >= 0.3 is 0 Å². The van der Waals surface area contributed by atoms with Crippen molar-refractivity contribution in [3.05, 3.63) is 10.6 Å². The van der Waals surface area contributed by atoms with E-state index in [4.69, 9.17) is 0 Å². The number of nitrogens with zero attached hydrogens (tertiary/aromatic N) is 2. The van der Waals surface area contributed by atoms with Crippen LogP contribution in [-0.4, -0.2) is 23.9 Å². The van der Waals surface area contributed by atoms with E-state index in [1.165, 1.54) is 25.7 Å². The third-order valence-electron chi connectivity index (χ3n) is 3.52. The molecule has 1 unspecified atom stereocenters. The second-order valence-electron chi connectivity index (χ2n) is 4.67. The lowest BCUT2D eigenvalue weighted by Crippen LogP contribution is -2.34. The number of aryl methyl sites for hydroxylation is 1. The largest absolute Gasteiger partial charge is 0.345 e. The maximum absolute atomic E-state index is 10.9. The number of carbonyl (C=O) groups excluding carboxylic acids is 1. The molecule has 1 atom stereocenters. The molecule has 4 heteroatoms. The van der Waals surface area contributed by atoms with E-state index in [2.05, 4.69) is 16.8 Å². The quantitative estimate of drug-likeness (QED) is 0.773. The Morgan fingerprint density at radius 3 is 2.94 bits per heavy atom. The fourth-order valence-electron chi connectivity index (χ4n) is 2.48. The standard InChI is InChI=1S/C13H20N2OS/c1-3-11-7-5-4-6-8-15(11)13-14-10(2)12(9-16)17-13/h9,11H,3-8H2,1-2H3. The lowest BCUT2D eigenvalue weighted by Gasteiger charge is -2.28. The Labute approximate surface area is 107 Å². The van der Waals surface area contributed by atoms with Gasteiger partial charge in [0.05, 0.1) is 10.6 Å². The van der Waals surface area contributed by atoms with Crippen LogP contribution in [0.25, 0.3) is 0 Å². The van der Waals surface area contributed by atoms with Crippen molar-refractivity contribution in [1.82, 2.24) is 4.98 Å². The van der Waals surface area contributed by atoms with Gasteiger partial charge in [0.2, 0.25) is 0 Å². The molecular formula is C13H20N2OS. The first-order valence-electron chi connectivity index (χ1n) is 6.45. The smallest absolute Gasteiger partial charge is 0.186 e. The van der Waals surface area contributed by atoms with E-state index in [0.29, 0.717) is 6.04 Å². The number of thiazole rings is 1. The minimum absolute atomic E-state index is 0.600. The molecule has 1 aliphatic heterocycles. The van der Waals surface area contributed by atoms with Crippen molar-refractivity contribution in [2.24, 2.45) is 0 Å². The van der Waals surface area contributed by atoms with Crippen molar-refractivity contribution in [2.45, 2.75) is 52.0 Å². The molecule has 2 rings (SSSR count). The monoisotopic (exact) mass is 252 g/mol. The normalized spacial score (nSPS) is 21.3. The van der Waals surface area contributed by atoms with Crippen molar-refractivity contribution in [2.75, 3.05) is 11.4 Å². The first kappa shape index (κ1) is 12.6. The van der Waals surface area contributed by atoms with E-state index in [1.54, 1.807) is 11.3 Å². The zero-order valence-electron chi connectivity index (χ0n) is 10.6. The Kier molecular flexibility index (Phi) is 4.15. The van der Waals surface area contributed by atoms with Gasteiger partial charge in [0.15, 0.2) is 11.4 Å². The van der Waals surface area contributed by atoms with Gasteiger partial charge in [-0.2, -0.15) is 0 Å². The van der Waals surface area contributed by atoms with E-state index in [1.807, 2.05) is 6.92 Å². The van der Waals surface area contributed by atoms with Crippen LogP contribution in [0.5, 0.6) is 0 Å². The number of hydrogen-bond acceptors (Lipinski definition) is 4. The summed E-state index contributed by atoms with van der Waals surface area (Å²) in [5.41, 5.74) is 0.874. The summed E-state index contributed by atoms with van der Waals surface area (Å²) in [5.74, 6) is 0. The Morgan fingerprint density at radius 2 is 2.29 bits per heavy atom. The number of aromatic nitrogens is 1. The summed E-state index contributed by atoms with van der Waals surface area (Å²) in [5, 5.41) is 1.04. The highest BCUT2D eigenvalue weighted by molar-refractivity contribution is 7.17. The summed E-state index contributed by atoms with van der Waals surface area (Å²) < 4.78 is 0. The van der Waals surface area contributed by atoms with Crippen molar-refractivity contribution < 1.29 is 4.79 Å². The van der Waals surface area contributed by atoms with Crippen LogP contribution in [-0.2, 0) is 0 Å². The van der Waals surface area contributed by atoms with Crippen molar-refractivity contribution in [1.29, 1.82) is 0 Å². The Morgan fingerprint density at radius 1 is 1.47 bits per heavy atom. The fourth-order valence-corrected chi connectivity index (χ4v) is 3.46. The van der Waals surface area contributed by atoms with Crippen molar-refractivity contribution in [3.63, 3.8) is 0 Å². The molecule has 0 radical (unpaired) electrons. The van der Waals surface area contributed by atoms with Gasteiger partial charge in [0.1, 0.15) is 0 Å². The molecule has 0 spiro atoms. The molecule has 0 saturated carbocycles. The molecule has 1 fully saturated rings. The molecule has 0 aromatic carbocycles. The Hall–Kier alpha value is -0.900. The summed E-state index contributed by atoms with van der Waals surface area (Å²) in [6.07, 6.45) is 7.22. The second-order valence-corrected chi connectivity index (χ2v) is 5.68. The summed E-state index contributed by atoms with van der Waals surface area (Å²) in [6, 6.07) is 0.600. The summed E-state index contributed by atoms with van der Waals surface area (Å²) in [4.78, 5) is 18.6. The zero-order valence-corrected chi connectivity index (χ0v) is 11.4. The highest BCUT2D eigenvalue weighted by atomic mass is 32.1. The molecule has 1 aromatic rings. The Bertz CT molecular complexity index is 389. The van der Waals surface area contributed by atoms with Gasteiger partial charge in [-0.1, -0.05) is 31.1 Å². The van der Waals surface area contributed by atoms with Crippen LogP contribution in [0.4, 0.5) is 5.13 Å². The van der Waals surface area contributed by atoms with Gasteiger partial charge in [0.25, 0.3) is 0 Å². The van der Waals surface area contributed by atoms with Crippen molar-refractivity contribution in [3.8, 4) is 0 Å². The minimum Gasteiger partial charge on any atom is -0.345 e. The molecular weight excluding hydrogens is 232 g/mol. The molecule has 3 nitrogen and oxygen atoms in total. The summed E-state index contributed by atoms with van der Waals surface area (Å²) in [6.45, 7) is 5.25. The van der Waals surface area contributed by atoms with E-state index < -0.39 is 0 Å². The van der Waals surface area contributed by atoms with Gasteiger partial charge in [-0.25, -0.2) is 4.98 Å². The first-order valence-corrected chi connectivity index (χ1v) is 7.27. The van der Waals surface area contributed by atoms with Crippen LogP contribution in [0.3, 0.4) is 0 Å². The van der Waals surface area contributed by atoms with Crippen LogP contribution in [0, 0.1) is 6.92 Å². The van der Waals surface area contributed by atoms with E-state index in [-0.39, 0.29) is 0 Å². The third kappa shape index (κ3) is 2.68. The maximum atomic E-state index is 10.9. The topological polar surface area (TPSA) is 33.2 Å². The van der Waals surface area contributed by atoms with E-state index in [0.717, 1.165) is 35.0 Å². The molecule has 94 valence electrons. The lowest BCUT2D eigenvalue weighted by atomic mass is 10.1. The van der Waals surface area contributed by atoms with Crippen LogP contribution < -0.4 is 4.90 Å². The summed E-state index contributed by atoms with van der Waals surface area (Å²) in [7, 11) is 0. The van der Waals surface area contributed by atoms with Gasteiger partial charge in [-0.05, 0) is 26.2 Å². The average Bonchev–Trinajstić information content (AvgIpc) is 2.57. The second kappa shape index (κ2) is 5.63. The molecule has 0 amide bonds.